The van der Waals surface area contributed by atoms with Crippen molar-refractivity contribution in [3.63, 3.8) is 0 Å². The van der Waals surface area contributed by atoms with E-state index in [0.717, 1.165) is 0 Å². The number of carbonyl (C=O) groups excluding carboxylic acids is 1. The van der Waals surface area contributed by atoms with E-state index in [1.807, 2.05) is 0 Å². The van der Waals surface area contributed by atoms with E-state index in [1.165, 1.54) is 16.8 Å². The fourth-order valence-corrected chi connectivity index (χ4v) is 3.38. The van der Waals surface area contributed by atoms with Crippen molar-refractivity contribution in [1.29, 1.82) is 0 Å². The van der Waals surface area contributed by atoms with Gasteiger partial charge in [-0.1, -0.05) is 24.3 Å². The highest BCUT2D eigenvalue weighted by molar-refractivity contribution is 5.92. The fraction of sp³-hybridized carbons (Fsp3) is 0.190. The minimum Gasteiger partial charge on any atom is -0.508 e. The van der Waals surface area contributed by atoms with Crippen molar-refractivity contribution in [1.82, 2.24) is 14.8 Å². The molecule has 0 radical (unpaired) electrons. The van der Waals surface area contributed by atoms with Gasteiger partial charge in [0.2, 0.25) is 5.95 Å². The minimum atomic E-state index is -0.689. The fourth-order valence-electron chi connectivity index (χ4n) is 3.38. The molecule has 7 nitrogen and oxygen atoms in total. The zero-order valence-corrected chi connectivity index (χ0v) is 15.9. The predicted octanol–water partition coefficient (Wildman–Crippen LogP) is 3.64. The molecule has 2 N–H and O–H groups in total. The largest absolute Gasteiger partial charge is 0.508 e. The molecule has 0 saturated carbocycles. The van der Waals surface area contributed by atoms with E-state index in [9.17, 15) is 14.3 Å². The number of phenols is 1. The molecule has 3 aromatic rings. The topological polar surface area (TPSA) is 89.3 Å². The highest BCUT2D eigenvalue weighted by Gasteiger charge is 2.35. The Balaban J connectivity index is 1.89. The van der Waals surface area contributed by atoms with Crippen molar-refractivity contribution in [2.75, 3.05) is 11.9 Å². The molecule has 1 aromatic heterocycles. The van der Waals surface area contributed by atoms with E-state index in [0.29, 0.717) is 22.8 Å². The van der Waals surface area contributed by atoms with Crippen LogP contribution in [0.15, 0.2) is 59.8 Å². The summed E-state index contributed by atoms with van der Waals surface area (Å²) in [6, 6.07) is 12.1. The Morgan fingerprint density at radius 2 is 2.07 bits per heavy atom. The van der Waals surface area contributed by atoms with Gasteiger partial charge in [0.1, 0.15) is 17.6 Å². The number of carbonyl (C=O) groups is 1. The molecule has 4 rings (SSSR count). The Kier molecular flexibility index (Phi) is 4.75. The zero-order chi connectivity index (χ0) is 20.5. The number of esters is 1. The van der Waals surface area contributed by atoms with Gasteiger partial charge in [-0.25, -0.2) is 13.9 Å². The van der Waals surface area contributed by atoms with E-state index in [-0.39, 0.29) is 23.7 Å². The molecule has 148 valence electrons. The summed E-state index contributed by atoms with van der Waals surface area (Å²) >= 11 is 0. The van der Waals surface area contributed by atoms with Gasteiger partial charge in [-0.2, -0.15) is 4.98 Å². The van der Waals surface area contributed by atoms with Crippen LogP contribution in [0.5, 0.6) is 5.75 Å². The number of aromatic hydroxyl groups is 1. The Morgan fingerprint density at radius 1 is 1.28 bits per heavy atom. The standard InChI is InChI=1S/C21H19FN4O3/c1-3-29-20(28)17-12(2)23-21-24-19(15-9-4-5-10-16(15)22)25-26(21)18(17)13-7-6-8-14(27)11-13/h4-11,18,27H,3H2,1-2H3,(H,23,24,25). The van der Waals surface area contributed by atoms with Crippen LogP contribution < -0.4 is 5.32 Å². The molecule has 1 aliphatic heterocycles. The number of ether oxygens (including phenoxy) is 1. The van der Waals surface area contributed by atoms with Gasteiger partial charge in [0.15, 0.2) is 5.82 Å². The molecule has 0 bridgehead atoms. The first kappa shape index (κ1) is 18.7. The van der Waals surface area contributed by atoms with Gasteiger partial charge in [-0.05, 0) is 43.7 Å². The summed E-state index contributed by atoms with van der Waals surface area (Å²) < 4.78 is 21.0. The zero-order valence-electron chi connectivity index (χ0n) is 15.9. The Labute approximate surface area is 166 Å². The summed E-state index contributed by atoms with van der Waals surface area (Å²) in [6.45, 7) is 3.68. The number of aromatic nitrogens is 3. The molecule has 0 aliphatic carbocycles. The van der Waals surface area contributed by atoms with Crippen LogP contribution in [0.3, 0.4) is 0 Å². The molecule has 2 aromatic carbocycles. The van der Waals surface area contributed by atoms with E-state index < -0.39 is 17.8 Å². The van der Waals surface area contributed by atoms with Crippen LogP contribution in [0, 0.1) is 5.82 Å². The maximum absolute atomic E-state index is 14.3. The third-order valence-electron chi connectivity index (χ3n) is 4.65. The van der Waals surface area contributed by atoms with Crippen molar-refractivity contribution < 1.29 is 19.0 Å². The van der Waals surface area contributed by atoms with E-state index in [2.05, 4.69) is 15.4 Å². The molecule has 0 spiro atoms. The smallest absolute Gasteiger partial charge is 0.338 e. The van der Waals surface area contributed by atoms with Crippen LogP contribution in [0.1, 0.15) is 25.5 Å². The van der Waals surface area contributed by atoms with Gasteiger partial charge in [-0.15, -0.1) is 5.10 Å². The number of phenolic OH excluding ortho intramolecular Hbond substituents is 1. The summed E-state index contributed by atoms with van der Waals surface area (Å²) in [5, 5.41) is 17.5. The number of allylic oxidation sites excluding steroid dienone is 1. The summed E-state index contributed by atoms with van der Waals surface area (Å²) in [5.41, 5.74) is 1.77. The van der Waals surface area contributed by atoms with Crippen LogP contribution >= 0.6 is 0 Å². The number of nitrogens with one attached hydrogen (secondary N) is 1. The van der Waals surface area contributed by atoms with Gasteiger partial charge in [0.05, 0.1) is 17.7 Å². The highest BCUT2D eigenvalue weighted by atomic mass is 19.1. The molecule has 0 amide bonds. The third-order valence-corrected chi connectivity index (χ3v) is 4.65. The number of benzene rings is 2. The lowest BCUT2D eigenvalue weighted by atomic mass is 9.95. The number of anilines is 1. The van der Waals surface area contributed by atoms with Crippen molar-refractivity contribution in [3.8, 4) is 17.1 Å². The first-order valence-corrected chi connectivity index (χ1v) is 9.15. The lowest BCUT2D eigenvalue weighted by molar-refractivity contribution is -0.139. The van der Waals surface area contributed by atoms with Gasteiger partial charge in [-0.3, -0.25) is 0 Å². The monoisotopic (exact) mass is 394 g/mol. The van der Waals surface area contributed by atoms with Crippen molar-refractivity contribution in [3.05, 3.63) is 71.2 Å². The summed E-state index contributed by atoms with van der Waals surface area (Å²) in [7, 11) is 0. The Hall–Kier alpha value is -3.68. The molecular weight excluding hydrogens is 375 g/mol. The number of rotatable bonds is 4. The quantitative estimate of drug-likeness (QED) is 0.657. The SMILES string of the molecule is CCOC(=O)C1=C(C)Nc2nc(-c3ccccc3F)nn2C1c1cccc(O)c1. The second-order valence-electron chi connectivity index (χ2n) is 6.57. The first-order chi connectivity index (χ1) is 14.0. The third kappa shape index (κ3) is 3.33. The lowest BCUT2D eigenvalue weighted by Gasteiger charge is -2.28. The molecule has 1 aliphatic rings. The summed E-state index contributed by atoms with van der Waals surface area (Å²) in [5.74, 6) is -0.340. The summed E-state index contributed by atoms with van der Waals surface area (Å²) in [4.78, 5) is 17.1. The maximum Gasteiger partial charge on any atom is 0.338 e. The molecule has 0 saturated heterocycles. The number of hydrogen-bond donors (Lipinski definition) is 2. The normalized spacial score (nSPS) is 15.6. The Bertz CT molecular complexity index is 1120. The van der Waals surface area contributed by atoms with E-state index in [1.54, 1.807) is 50.2 Å². The van der Waals surface area contributed by atoms with Crippen molar-refractivity contribution >= 4 is 11.9 Å². The second kappa shape index (κ2) is 7.38. The average molecular weight is 394 g/mol. The number of halogens is 1. The van der Waals surface area contributed by atoms with Gasteiger partial charge < -0.3 is 15.2 Å². The van der Waals surface area contributed by atoms with Gasteiger partial charge in [0.25, 0.3) is 0 Å². The van der Waals surface area contributed by atoms with Crippen molar-refractivity contribution in [2.45, 2.75) is 19.9 Å². The second-order valence-corrected chi connectivity index (χ2v) is 6.57. The van der Waals surface area contributed by atoms with Crippen LogP contribution in [-0.2, 0) is 9.53 Å². The first-order valence-electron chi connectivity index (χ1n) is 9.15. The minimum absolute atomic E-state index is 0.0536. The molecule has 29 heavy (non-hydrogen) atoms. The molecule has 2 heterocycles. The molecule has 1 atom stereocenters. The molecule has 8 heteroatoms. The average Bonchev–Trinajstić information content (AvgIpc) is 3.10. The molecule has 0 fully saturated rings. The molecule has 1 unspecified atom stereocenters. The predicted molar refractivity (Wildman–Crippen MR) is 105 cm³/mol. The summed E-state index contributed by atoms with van der Waals surface area (Å²) in [6.07, 6.45) is 0. The highest BCUT2D eigenvalue weighted by Crippen LogP contribution is 2.37. The van der Waals surface area contributed by atoms with Crippen LogP contribution in [0.2, 0.25) is 0 Å². The van der Waals surface area contributed by atoms with Crippen LogP contribution in [-0.4, -0.2) is 32.4 Å². The molecular formula is C21H19FN4O3. The maximum atomic E-state index is 14.3. The number of nitrogens with zero attached hydrogens (tertiary/aromatic N) is 3. The van der Waals surface area contributed by atoms with Gasteiger partial charge in [0, 0.05) is 5.70 Å². The number of hydrogen-bond acceptors (Lipinski definition) is 6. The van der Waals surface area contributed by atoms with E-state index in [4.69, 9.17) is 4.74 Å². The van der Waals surface area contributed by atoms with Gasteiger partial charge >= 0.3 is 5.97 Å². The van der Waals surface area contributed by atoms with E-state index >= 15 is 0 Å². The van der Waals surface area contributed by atoms with Crippen molar-refractivity contribution in [2.24, 2.45) is 0 Å². The number of fused-ring (bicyclic) bond motifs is 1. The van der Waals surface area contributed by atoms with Crippen LogP contribution in [0.25, 0.3) is 11.4 Å². The van der Waals surface area contributed by atoms with Crippen LogP contribution in [0.4, 0.5) is 10.3 Å². The Morgan fingerprint density at radius 3 is 2.79 bits per heavy atom. The lowest BCUT2D eigenvalue weighted by Crippen LogP contribution is -2.29.